The number of benzene rings is 1. The molecule has 1 amide bonds. The van der Waals surface area contributed by atoms with Gasteiger partial charge < -0.3 is 14.8 Å². The van der Waals surface area contributed by atoms with Gasteiger partial charge in [0.2, 0.25) is 0 Å². The molecule has 1 aromatic rings. The van der Waals surface area contributed by atoms with Gasteiger partial charge in [0, 0.05) is 18.7 Å². The number of carbonyl (C=O) groups is 1. The van der Waals surface area contributed by atoms with E-state index in [0.717, 1.165) is 6.54 Å². The van der Waals surface area contributed by atoms with Crippen molar-refractivity contribution in [2.24, 2.45) is 0 Å². The summed E-state index contributed by atoms with van der Waals surface area (Å²) in [7, 11) is 1.71. The van der Waals surface area contributed by atoms with E-state index in [0.29, 0.717) is 30.9 Å². The Morgan fingerprint density at radius 1 is 1.48 bits per heavy atom. The number of anilines is 1. The van der Waals surface area contributed by atoms with Gasteiger partial charge in [-0.05, 0) is 19.2 Å². The molecule has 21 heavy (non-hydrogen) atoms. The van der Waals surface area contributed by atoms with Crippen molar-refractivity contribution in [2.45, 2.75) is 12.3 Å². The summed E-state index contributed by atoms with van der Waals surface area (Å²) < 4.78 is 24.9. The molecule has 0 spiro atoms. The van der Waals surface area contributed by atoms with Gasteiger partial charge in [0.25, 0.3) is 0 Å². The molecule has 2 aliphatic rings. The van der Waals surface area contributed by atoms with Gasteiger partial charge in [0.15, 0.2) is 6.23 Å². The third-order valence-corrected chi connectivity index (χ3v) is 3.70. The number of nitrogens with zero attached hydrogens (tertiary/aromatic N) is 1. The van der Waals surface area contributed by atoms with E-state index in [4.69, 9.17) is 9.47 Å². The highest BCUT2D eigenvalue weighted by atomic mass is 19.1. The third kappa shape index (κ3) is 2.85. The first-order valence-electron chi connectivity index (χ1n) is 6.96. The number of hydrogen-bond acceptors (Lipinski definition) is 5. The zero-order valence-corrected chi connectivity index (χ0v) is 11.8. The molecular formula is C14H18FN3O3. The largest absolute Gasteiger partial charge is 0.428 e. The Bertz CT molecular complexity index is 534. The Hall–Kier alpha value is -1.70. The first-order chi connectivity index (χ1) is 10.2. The van der Waals surface area contributed by atoms with E-state index in [-0.39, 0.29) is 18.1 Å². The van der Waals surface area contributed by atoms with Crippen LogP contribution in [0.25, 0.3) is 0 Å². The van der Waals surface area contributed by atoms with Crippen LogP contribution in [0.4, 0.5) is 14.9 Å². The topological polar surface area (TPSA) is 62.8 Å². The highest BCUT2D eigenvalue weighted by molar-refractivity contribution is 5.89. The second-order valence-electron chi connectivity index (χ2n) is 5.04. The molecule has 2 heterocycles. The van der Waals surface area contributed by atoms with E-state index in [9.17, 15) is 9.18 Å². The predicted molar refractivity (Wildman–Crippen MR) is 74.6 cm³/mol. The fraction of sp³-hybridized carbons (Fsp3) is 0.500. The molecule has 2 unspecified atom stereocenters. The summed E-state index contributed by atoms with van der Waals surface area (Å²) in [6.07, 6.45) is -1.13. The average Bonchev–Trinajstić information content (AvgIpc) is 2.89. The smallest absolute Gasteiger partial charge is 0.416 e. The molecule has 0 saturated carbocycles. The number of carbonyl (C=O) groups excluding carboxylic acids is 1. The molecule has 0 radical (unpaired) electrons. The van der Waals surface area contributed by atoms with Crippen molar-refractivity contribution in [3.05, 3.63) is 29.6 Å². The highest BCUT2D eigenvalue weighted by Crippen LogP contribution is 2.27. The van der Waals surface area contributed by atoms with E-state index < -0.39 is 6.09 Å². The van der Waals surface area contributed by atoms with Crippen LogP contribution in [0, 0.1) is 5.82 Å². The maximum absolute atomic E-state index is 14.3. The summed E-state index contributed by atoms with van der Waals surface area (Å²) in [5, 5.41) is 6.03. The molecule has 2 aliphatic heterocycles. The first kappa shape index (κ1) is 14.2. The molecule has 0 bridgehead atoms. The molecular weight excluding hydrogens is 277 g/mol. The van der Waals surface area contributed by atoms with Crippen LogP contribution in [0.3, 0.4) is 0 Å². The van der Waals surface area contributed by atoms with Crippen molar-refractivity contribution < 1.29 is 18.7 Å². The Morgan fingerprint density at radius 3 is 2.95 bits per heavy atom. The van der Waals surface area contributed by atoms with Crippen molar-refractivity contribution >= 4 is 11.8 Å². The normalized spacial score (nSPS) is 26.0. The van der Waals surface area contributed by atoms with E-state index in [2.05, 4.69) is 10.6 Å². The number of cyclic esters (lactones) is 1. The minimum absolute atomic E-state index is 0.289. The van der Waals surface area contributed by atoms with Crippen molar-refractivity contribution in [3.63, 3.8) is 0 Å². The number of amides is 1. The second-order valence-corrected chi connectivity index (χ2v) is 5.04. The molecule has 0 aromatic heterocycles. The molecule has 2 N–H and O–H groups in total. The molecule has 0 aliphatic carbocycles. The van der Waals surface area contributed by atoms with Crippen molar-refractivity contribution in [2.75, 3.05) is 38.2 Å². The second kappa shape index (κ2) is 5.97. The van der Waals surface area contributed by atoms with E-state index in [1.54, 1.807) is 19.2 Å². The summed E-state index contributed by atoms with van der Waals surface area (Å²) in [6, 6.07) is 4.74. The lowest BCUT2D eigenvalue weighted by molar-refractivity contribution is 0.0255. The average molecular weight is 295 g/mol. The minimum Gasteiger partial charge on any atom is -0.428 e. The molecule has 2 atom stereocenters. The van der Waals surface area contributed by atoms with Gasteiger partial charge in [0.1, 0.15) is 5.82 Å². The number of likely N-dealkylation sites (N-methyl/N-ethyl adjacent to an activating group) is 1. The number of ether oxygens (including phenoxy) is 2. The Kier molecular flexibility index (Phi) is 4.05. The standard InChI is InChI=1S/C14H18FN3O3/c1-16-13-8-18(14(19)21-13)9-2-3-10(11(15)6-9)12-7-17-4-5-20-12/h2-3,6,12-13,16-17H,4-5,7-8H2,1H3. The van der Waals surface area contributed by atoms with E-state index in [1.807, 2.05) is 0 Å². The SMILES string of the molecule is CNC1CN(c2ccc(C3CNCCO3)c(F)c2)C(=O)O1. The first-order valence-corrected chi connectivity index (χ1v) is 6.96. The van der Waals surface area contributed by atoms with Crippen LogP contribution in [-0.2, 0) is 9.47 Å². The number of rotatable bonds is 3. The van der Waals surface area contributed by atoms with Crippen molar-refractivity contribution in [1.82, 2.24) is 10.6 Å². The number of halogens is 1. The quantitative estimate of drug-likeness (QED) is 0.870. The molecule has 114 valence electrons. The van der Waals surface area contributed by atoms with Gasteiger partial charge in [-0.15, -0.1) is 0 Å². The maximum atomic E-state index is 14.3. The molecule has 6 nitrogen and oxygen atoms in total. The van der Waals surface area contributed by atoms with E-state index in [1.165, 1.54) is 11.0 Å². The van der Waals surface area contributed by atoms with Crippen LogP contribution < -0.4 is 15.5 Å². The van der Waals surface area contributed by atoms with Gasteiger partial charge >= 0.3 is 6.09 Å². The molecule has 2 fully saturated rings. The predicted octanol–water partition coefficient (Wildman–Crippen LogP) is 0.989. The van der Waals surface area contributed by atoms with Crippen molar-refractivity contribution in [3.8, 4) is 0 Å². The summed E-state index contributed by atoms with van der Waals surface area (Å²) >= 11 is 0. The fourth-order valence-electron chi connectivity index (χ4n) is 2.53. The summed E-state index contributed by atoms with van der Waals surface area (Å²) in [4.78, 5) is 13.2. The van der Waals surface area contributed by atoms with Crippen LogP contribution in [0.5, 0.6) is 0 Å². The molecule has 2 saturated heterocycles. The van der Waals surface area contributed by atoms with Gasteiger partial charge in [0.05, 0.1) is 24.9 Å². The lowest BCUT2D eigenvalue weighted by Crippen LogP contribution is -2.34. The van der Waals surface area contributed by atoms with Gasteiger partial charge in [-0.25, -0.2) is 9.18 Å². The Labute approximate surface area is 122 Å². The summed E-state index contributed by atoms with van der Waals surface area (Å²) in [5.41, 5.74) is 0.992. The third-order valence-electron chi connectivity index (χ3n) is 3.70. The Balaban J connectivity index is 1.79. The minimum atomic E-state index is -0.475. The summed E-state index contributed by atoms with van der Waals surface area (Å²) in [6.45, 7) is 2.29. The zero-order chi connectivity index (χ0) is 14.8. The van der Waals surface area contributed by atoms with Gasteiger partial charge in [-0.2, -0.15) is 0 Å². The van der Waals surface area contributed by atoms with Gasteiger partial charge in [-0.3, -0.25) is 10.2 Å². The van der Waals surface area contributed by atoms with Crippen LogP contribution in [-0.4, -0.2) is 45.6 Å². The van der Waals surface area contributed by atoms with Crippen LogP contribution >= 0.6 is 0 Å². The summed E-state index contributed by atoms with van der Waals surface area (Å²) in [5.74, 6) is -0.373. The van der Waals surface area contributed by atoms with Crippen LogP contribution in [0.2, 0.25) is 0 Å². The molecule has 1 aromatic carbocycles. The maximum Gasteiger partial charge on any atom is 0.416 e. The fourth-order valence-corrected chi connectivity index (χ4v) is 2.53. The number of nitrogens with one attached hydrogen (secondary N) is 2. The van der Waals surface area contributed by atoms with Crippen LogP contribution in [0.15, 0.2) is 18.2 Å². The highest BCUT2D eigenvalue weighted by Gasteiger charge is 2.32. The van der Waals surface area contributed by atoms with Gasteiger partial charge in [-0.1, -0.05) is 6.07 Å². The lowest BCUT2D eigenvalue weighted by atomic mass is 10.1. The number of hydrogen-bond donors (Lipinski definition) is 2. The molecule has 7 heteroatoms. The Morgan fingerprint density at radius 2 is 2.33 bits per heavy atom. The monoisotopic (exact) mass is 295 g/mol. The zero-order valence-electron chi connectivity index (χ0n) is 11.8. The molecule has 3 rings (SSSR count). The van der Waals surface area contributed by atoms with Crippen molar-refractivity contribution in [1.29, 1.82) is 0 Å². The lowest BCUT2D eigenvalue weighted by Gasteiger charge is -2.25. The van der Waals surface area contributed by atoms with E-state index >= 15 is 0 Å². The number of morpholine rings is 1. The van der Waals surface area contributed by atoms with Crippen LogP contribution in [0.1, 0.15) is 11.7 Å².